The predicted molar refractivity (Wildman–Crippen MR) is 75.2 cm³/mol. The van der Waals surface area contributed by atoms with E-state index in [1.807, 2.05) is 6.92 Å². The monoisotopic (exact) mass is 316 g/mol. The van der Waals surface area contributed by atoms with Gasteiger partial charge >= 0.3 is 0 Å². The quantitative estimate of drug-likeness (QED) is 0.676. The van der Waals surface area contributed by atoms with Gasteiger partial charge in [-0.15, -0.1) is 0 Å². The maximum Gasteiger partial charge on any atom is 0.273 e. The number of nitrogens with two attached hydrogens (primary N) is 1. The first kappa shape index (κ1) is 15.9. The molecule has 1 aliphatic rings. The summed E-state index contributed by atoms with van der Waals surface area (Å²) < 4.78 is 28.7. The van der Waals surface area contributed by atoms with Crippen LogP contribution in [0.2, 0.25) is 0 Å². The van der Waals surface area contributed by atoms with E-state index in [0.717, 1.165) is 12.8 Å². The molecule has 1 saturated carbocycles. The lowest BCUT2D eigenvalue weighted by Crippen LogP contribution is -2.48. The van der Waals surface area contributed by atoms with Crippen molar-refractivity contribution in [3.8, 4) is 0 Å². The molecule has 9 heteroatoms. The maximum atomic E-state index is 12.2. The number of ether oxygens (including phenoxy) is 1. The normalized spacial score (nSPS) is 21.9. The number of carbonyl (C=O) groups is 1. The number of amides is 1. The number of aryl methyl sites for hydroxylation is 1. The van der Waals surface area contributed by atoms with Gasteiger partial charge in [0, 0.05) is 12.6 Å². The molecule has 0 saturated heterocycles. The number of hydrogen-bond acceptors (Lipinski definition) is 5. The molecule has 1 aromatic heterocycles. The summed E-state index contributed by atoms with van der Waals surface area (Å²) >= 11 is 0. The highest BCUT2D eigenvalue weighted by atomic mass is 32.2. The minimum Gasteiger partial charge on any atom is -0.378 e. The van der Waals surface area contributed by atoms with E-state index in [2.05, 4.69) is 15.5 Å². The topological polar surface area (TPSA) is 127 Å². The molecule has 1 aromatic rings. The molecule has 1 amide bonds. The maximum absolute atomic E-state index is 12.2. The number of nitrogens with one attached hydrogen (secondary N) is 2. The lowest BCUT2D eigenvalue weighted by molar-refractivity contribution is -0.00870. The molecule has 118 valence electrons. The van der Waals surface area contributed by atoms with E-state index in [1.165, 1.54) is 0 Å². The number of carbonyl (C=O) groups excluding carboxylic acids is 1. The highest BCUT2D eigenvalue weighted by molar-refractivity contribution is 7.89. The Labute approximate surface area is 123 Å². The third-order valence-corrected chi connectivity index (χ3v) is 4.49. The zero-order valence-corrected chi connectivity index (χ0v) is 12.9. The molecular weight excluding hydrogens is 296 g/mol. The Bertz CT molecular complexity index is 619. The number of aromatic amines is 1. The van der Waals surface area contributed by atoms with Gasteiger partial charge in [-0.2, -0.15) is 5.10 Å². The Kier molecular flexibility index (Phi) is 4.64. The van der Waals surface area contributed by atoms with Crippen molar-refractivity contribution in [1.29, 1.82) is 0 Å². The summed E-state index contributed by atoms with van der Waals surface area (Å²) in [5.74, 6) is -0.532. The van der Waals surface area contributed by atoms with Crippen molar-refractivity contribution >= 4 is 15.9 Å². The van der Waals surface area contributed by atoms with Gasteiger partial charge in [0.2, 0.25) is 10.0 Å². The van der Waals surface area contributed by atoms with Crippen LogP contribution in [0, 0.1) is 0 Å². The van der Waals surface area contributed by atoms with Gasteiger partial charge in [-0.05, 0) is 26.2 Å². The zero-order valence-electron chi connectivity index (χ0n) is 12.0. The first-order valence-electron chi connectivity index (χ1n) is 6.89. The fraction of sp³-hybridized carbons (Fsp3) is 0.667. The van der Waals surface area contributed by atoms with Crippen LogP contribution in [0.3, 0.4) is 0 Å². The van der Waals surface area contributed by atoms with Gasteiger partial charge in [0.05, 0.1) is 11.8 Å². The third-order valence-electron chi connectivity index (χ3n) is 3.48. The van der Waals surface area contributed by atoms with Gasteiger partial charge in [0.15, 0.2) is 5.69 Å². The highest BCUT2D eigenvalue weighted by Crippen LogP contribution is 2.24. The number of primary sulfonamides is 1. The number of rotatable bonds is 6. The summed E-state index contributed by atoms with van der Waals surface area (Å²) in [5.41, 5.74) is 0.165. The first-order valence-corrected chi connectivity index (χ1v) is 8.43. The standard InChI is InChI=1S/C12H20N4O4S/c1-3-9-11(21(13,18)19)10(16-15-9)12(17)14-7-5-8(6-7)20-4-2/h7-8H,3-6H2,1-2H3,(H,14,17)(H,15,16)(H2,13,18,19). The van der Waals surface area contributed by atoms with Gasteiger partial charge in [-0.25, -0.2) is 13.6 Å². The Morgan fingerprint density at radius 2 is 2.14 bits per heavy atom. The molecule has 0 atom stereocenters. The van der Waals surface area contributed by atoms with Crippen molar-refractivity contribution < 1.29 is 17.9 Å². The summed E-state index contributed by atoms with van der Waals surface area (Å²) in [6.45, 7) is 4.31. The molecular formula is C12H20N4O4S. The van der Waals surface area contributed by atoms with Crippen LogP contribution in [0.15, 0.2) is 4.90 Å². The summed E-state index contributed by atoms with van der Waals surface area (Å²) in [5, 5.41) is 14.3. The van der Waals surface area contributed by atoms with Crippen LogP contribution in [0.4, 0.5) is 0 Å². The Morgan fingerprint density at radius 1 is 1.48 bits per heavy atom. The van der Waals surface area contributed by atoms with E-state index in [0.29, 0.717) is 18.7 Å². The number of nitrogens with zero attached hydrogens (tertiary/aromatic N) is 1. The summed E-state index contributed by atoms with van der Waals surface area (Å²) in [6, 6.07) is -0.0239. The number of H-pyrrole nitrogens is 1. The molecule has 1 aliphatic carbocycles. The van der Waals surface area contributed by atoms with Gasteiger partial charge in [0.25, 0.3) is 5.91 Å². The fourth-order valence-electron chi connectivity index (χ4n) is 2.38. The van der Waals surface area contributed by atoms with Crippen molar-refractivity contribution in [2.45, 2.75) is 50.2 Å². The van der Waals surface area contributed by atoms with Crippen molar-refractivity contribution in [1.82, 2.24) is 15.5 Å². The van der Waals surface area contributed by atoms with Crippen LogP contribution in [-0.2, 0) is 21.2 Å². The van der Waals surface area contributed by atoms with Crippen LogP contribution in [0.1, 0.15) is 42.9 Å². The van der Waals surface area contributed by atoms with Gasteiger partial charge in [-0.1, -0.05) is 6.92 Å². The highest BCUT2D eigenvalue weighted by Gasteiger charge is 2.33. The largest absolute Gasteiger partial charge is 0.378 e. The third kappa shape index (κ3) is 3.42. The smallest absolute Gasteiger partial charge is 0.273 e. The molecule has 0 aromatic carbocycles. The number of sulfonamides is 1. The number of aromatic nitrogens is 2. The molecule has 4 N–H and O–H groups in total. The average Bonchev–Trinajstić information content (AvgIpc) is 2.79. The lowest BCUT2D eigenvalue weighted by atomic mass is 9.89. The molecule has 1 fully saturated rings. The minimum absolute atomic E-state index is 0.0239. The first-order chi connectivity index (χ1) is 9.86. The second kappa shape index (κ2) is 6.12. The SMILES string of the molecule is CCOC1CC(NC(=O)c2n[nH]c(CC)c2S(N)(=O)=O)C1. The zero-order chi connectivity index (χ0) is 15.6. The molecule has 8 nitrogen and oxygen atoms in total. The molecule has 1 heterocycles. The Hall–Kier alpha value is -1.45. The van der Waals surface area contributed by atoms with Gasteiger partial charge in [-0.3, -0.25) is 9.89 Å². The van der Waals surface area contributed by atoms with Gasteiger partial charge in [0.1, 0.15) is 4.90 Å². The van der Waals surface area contributed by atoms with Crippen molar-refractivity contribution in [3.63, 3.8) is 0 Å². The van der Waals surface area contributed by atoms with E-state index in [9.17, 15) is 13.2 Å². The van der Waals surface area contributed by atoms with E-state index < -0.39 is 15.9 Å². The second-order valence-corrected chi connectivity index (χ2v) is 6.50. The second-order valence-electron chi connectivity index (χ2n) is 5.00. The van der Waals surface area contributed by atoms with Crippen molar-refractivity contribution in [2.24, 2.45) is 5.14 Å². The van der Waals surface area contributed by atoms with E-state index in [4.69, 9.17) is 9.88 Å². The van der Waals surface area contributed by atoms with E-state index in [1.54, 1.807) is 6.92 Å². The summed E-state index contributed by atoms with van der Waals surface area (Å²) in [7, 11) is -4.00. The van der Waals surface area contributed by atoms with Crippen molar-refractivity contribution in [3.05, 3.63) is 11.4 Å². The van der Waals surface area contributed by atoms with Gasteiger partial charge < -0.3 is 10.1 Å². The van der Waals surface area contributed by atoms with Crippen LogP contribution < -0.4 is 10.5 Å². The minimum atomic E-state index is -4.00. The Balaban J connectivity index is 2.09. The molecule has 2 rings (SSSR count). The molecule has 0 spiro atoms. The summed E-state index contributed by atoms with van der Waals surface area (Å²) in [4.78, 5) is 11.9. The van der Waals surface area contributed by atoms with Crippen LogP contribution in [0.25, 0.3) is 0 Å². The van der Waals surface area contributed by atoms with Crippen LogP contribution in [0.5, 0.6) is 0 Å². The lowest BCUT2D eigenvalue weighted by Gasteiger charge is -2.35. The molecule has 21 heavy (non-hydrogen) atoms. The van der Waals surface area contributed by atoms with Crippen LogP contribution >= 0.6 is 0 Å². The average molecular weight is 316 g/mol. The Morgan fingerprint density at radius 3 is 2.67 bits per heavy atom. The molecule has 0 radical (unpaired) electrons. The summed E-state index contributed by atoms with van der Waals surface area (Å²) in [6.07, 6.45) is 1.98. The number of hydrogen-bond donors (Lipinski definition) is 3. The van der Waals surface area contributed by atoms with Crippen molar-refractivity contribution in [2.75, 3.05) is 6.61 Å². The predicted octanol–water partition coefficient (Wildman–Crippen LogP) is -0.0832. The van der Waals surface area contributed by atoms with Crippen LogP contribution in [-0.4, -0.2) is 43.3 Å². The fourth-order valence-corrected chi connectivity index (χ4v) is 3.32. The molecule has 0 aliphatic heterocycles. The van der Waals surface area contributed by atoms with E-state index in [-0.39, 0.29) is 22.7 Å². The molecule has 0 unspecified atom stereocenters. The molecule has 0 bridgehead atoms. The van der Waals surface area contributed by atoms with E-state index >= 15 is 0 Å².